The van der Waals surface area contributed by atoms with Crippen LogP contribution in [0.4, 0.5) is 0 Å². The lowest BCUT2D eigenvalue weighted by Gasteiger charge is -2.16. The molecule has 5 heteroatoms. The highest BCUT2D eigenvalue weighted by molar-refractivity contribution is 9.10. The van der Waals surface area contributed by atoms with E-state index in [9.17, 15) is 9.59 Å². The Hall–Kier alpha value is -1.36. The summed E-state index contributed by atoms with van der Waals surface area (Å²) in [6.07, 6.45) is 0. The zero-order chi connectivity index (χ0) is 12.1. The van der Waals surface area contributed by atoms with E-state index in [1.54, 1.807) is 25.2 Å². The van der Waals surface area contributed by atoms with E-state index in [1.165, 1.54) is 12.0 Å². The highest BCUT2D eigenvalue weighted by Crippen LogP contribution is 2.17. The Morgan fingerprint density at radius 1 is 1.38 bits per heavy atom. The Bertz CT molecular complexity index is 406. The van der Waals surface area contributed by atoms with Crippen LogP contribution in [0.5, 0.6) is 0 Å². The number of halogens is 1. The largest absolute Gasteiger partial charge is 0.468 e. The number of amides is 1. The molecule has 0 unspecified atom stereocenters. The van der Waals surface area contributed by atoms with Crippen LogP contribution in [0.15, 0.2) is 28.7 Å². The van der Waals surface area contributed by atoms with Crippen LogP contribution >= 0.6 is 15.9 Å². The van der Waals surface area contributed by atoms with Crippen LogP contribution in [-0.4, -0.2) is 37.5 Å². The van der Waals surface area contributed by atoms with Crippen molar-refractivity contribution in [2.24, 2.45) is 0 Å². The number of carbonyl (C=O) groups is 2. The van der Waals surface area contributed by atoms with Gasteiger partial charge in [0.2, 0.25) is 0 Å². The quantitative estimate of drug-likeness (QED) is 0.794. The van der Waals surface area contributed by atoms with Crippen LogP contribution in [0.2, 0.25) is 0 Å². The summed E-state index contributed by atoms with van der Waals surface area (Å²) in [7, 11) is 2.85. The first-order valence-electron chi connectivity index (χ1n) is 4.63. The molecule has 0 radical (unpaired) electrons. The summed E-state index contributed by atoms with van der Waals surface area (Å²) in [4.78, 5) is 24.2. The Labute approximate surface area is 102 Å². The van der Waals surface area contributed by atoms with Crippen molar-refractivity contribution >= 4 is 27.8 Å². The number of benzene rings is 1. The van der Waals surface area contributed by atoms with Crippen LogP contribution in [0.1, 0.15) is 10.4 Å². The maximum atomic E-state index is 11.9. The molecule has 0 saturated carbocycles. The van der Waals surface area contributed by atoms with Gasteiger partial charge in [-0.05, 0) is 28.1 Å². The van der Waals surface area contributed by atoms with E-state index >= 15 is 0 Å². The summed E-state index contributed by atoms with van der Waals surface area (Å²) < 4.78 is 5.20. The first-order chi connectivity index (χ1) is 7.56. The zero-order valence-electron chi connectivity index (χ0n) is 9.07. The predicted molar refractivity (Wildman–Crippen MR) is 63.1 cm³/mol. The fraction of sp³-hybridized carbons (Fsp3) is 0.273. The Kier molecular flexibility index (Phi) is 4.49. The van der Waals surface area contributed by atoms with Gasteiger partial charge in [0.25, 0.3) is 5.91 Å². The number of hydrogen-bond acceptors (Lipinski definition) is 3. The summed E-state index contributed by atoms with van der Waals surface area (Å²) >= 11 is 3.28. The van der Waals surface area contributed by atoms with Gasteiger partial charge in [0.05, 0.1) is 12.7 Å². The maximum absolute atomic E-state index is 11.9. The second kappa shape index (κ2) is 5.65. The number of nitrogens with zero attached hydrogens (tertiary/aromatic N) is 1. The Morgan fingerprint density at radius 3 is 2.56 bits per heavy atom. The molecule has 0 atom stereocenters. The van der Waals surface area contributed by atoms with Crippen LogP contribution < -0.4 is 0 Å². The zero-order valence-corrected chi connectivity index (χ0v) is 10.7. The maximum Gasteiger partial charge on any atom is 0.325 e. The lowest BCUT2D eigenvalue weighted by atomic mass is 10.2. The normalized spacial score (nSPS) is 9.69. The molecule has 0 saturated heterocycles. The van der Waals surface area contributed by atoms with E-state index < -0.39 is 5.97 Å². The van der Waals surface area contributed by atoms with Gasteiger partial charge in [0, 0.05) is 11.5 Å². The molecule has 0 aromatic heterocycles. The van der Waals surface area contributed by atoms with Crippen LogP contribution in [0.25, 0.3) is 0 Å². The van der Waals surface area contributed by atoms with E-state index in [-0.39, 0.29) is 12.5 Å². The number of hydrogen-bond donors (Lipinski definition) is 0. The molecule has 1 rings (SSSR count). The predicted octanol–water partition coefficient (Wildman–Crippen LogP) is 1.69. The fourth-order valence-electron chi connectivity index (χ4n) is 1.17. The summed E-state index contributed by atoms with van der Waals surface area (Å²) in [5.74, 6) is -0.666. The molecule has 4 nitrogen and oxygen atoms in total. The van der Waals surface area contributed by atoms with Crippen molar-refractivity contribution in [3.63, 3.8) is 0 Å². The Morgan fingerprint density at radius 2 is 2.00 bits per heavy atom. The van der Waals surface area contributed by atoms with Crippen molar-refractivity contribution in [3.8, 4) is 0 Å². The second-order valence-electron chi connectivity index (χ2n) is 3.22. The van der Waals surface area contributed by atoms with Gasteiger partial charge in [0.1, 0.15) is 6.54 Å². The first kappa shape index (κ1) is 12.7. The molecule has 0 aliphatic rings. The van der Waals surface area contributed by atoms with Crippen LogP contribution in [-0.2, 0) is 9.53 Å². The minimum atomic E-state index is -0.442. The SMILES string of the molecule is COC(=O)CN(C)C(=O)c1ccccc1Br. The van der Waals surface area contributed by atoms with E-state index in [1.807, 2.05) is 6.07 Å². The number of esters is 1. The molecule has 16 heavy (non-hydrogen) atoms. The van der Waals surface area contributed by atoms with Gasteiger partial charge < -0.3 is 9.64 Å². The smallest absolute Gasteiger partial charge is 0.325 e. The average molecular weight is 286 g/mol. The lowest BCUT2D eigenvalue weighted by Crippen LogP contribution is -2.32. The van der Waals surface area contributed by atoms with E-state index in [0.29, 0.717) is 10.0 Å². The molecule has 0 heterocycles. The van der Waals surface area contributed by atoms with Gasteiger partial charge in [-0.3, -0.25) is 9.59 Å². The van der Waals surface area contributed by atoms with Crippen molar-refractivity contribution in [2.45, 2.75) is 0 Å². The molecule has 86 valence electrons. The molecule has 0 N–H and O–H groups in total. The van der Waals surface area contributed by atoms with E-state index in [2.05, 4.69) is 20.7 Å². The third-order valence-corrected chi connectivity index (χ3v) is 2.74. The highest BCUT2D eigenvalue weighted by atomic mass is 79.9. The van der Waals surface area contributed by atoms with Crippen molar-refractivity contribution in [1.29, 1.82) is 0 Å². The third-order valence-electron chi connectivity index (χ3n) is 2.04. The van der Waals surface area contributed by atoms with Gasteiger partial charge in [-0.15, -0.1) is 0 Å². The molecule has 0 spiro atoms. The summed E-state index contributed by atoms with van der Waals surface area (Å²) in [6, 6.07) is 7.06. The number of likely N-dealkylation sites (N-methyl/N-ethyl adjacent to an activating group) is 1. The van der Waals surface area contributed by atoms with E-state index in [0.717, 1.165) is 0 Å². The fourth-order valence-corrected chi connectivity index (χ4v) is 1.62. The lowest BCUT2D eigenvalue weighted by molar-refractivity contribution is -0.141. The number of ether oxygens (including phenoxy) is 1. The molecule has 1 aromatic carbocycles. The monoisotopic (exact) mass is 285 g/mol. The molecule has 0 fully saturated rings. The number of methoxy groups -OCH3 is 1. The summed E-state index contributed by atoms with van der Waals surface area (Å²) in [6.45, 7) is -0.0589. The first-order valence-corrected chi connectivity index (χ1v) is 5.42. The van der Waals surface area contributed by atoms with Gasteiger partial charge in [0.15, 0.2) is 0 Å². The van der Waals surface area contributed by atoms with Crippen molar-refractivity contribution < 1.29 is 14.3 Å². The van der Waals surface area contributed by atoms with Crippen LogP contribution in [0, 0.1) is 0 Å². The summed E-state index contributed by atoms with van der Waals surface area (Å²) in [5.41, 5.74) is 0.522. The minimum absolute atomic E-state index is 0.0589. The average Bonchev–Trinajstić information content (AvgIpc) is 2.28. The molecule has 1 aromatic rings. The summed E-state index contributed by atoms with van der Waals surface area (Å²) in [5, 5.41) is 0. The highest BCUT2D eigenvalue weighted by Gasteiger charge is 2.16. The molecular formula is C11H12BrNO3. The van der Waals surface area contributed by atoms with Gasteiger partial charge in [-0.1, -0.05) is 12.1 Å². The van der Waals surface area contributed by atoms with Crippen molar-refractivity contribution in [3.05, 3.63) is 34.3 Å². The van der Waals surface area contributed by atoms with E-state index in [4.69, 9.17) is 0 Å². The molecule has 0 bridgehead atoms. The number of rotatable bonds is 3. The van der Waals surface area contributed by atoms with Crippen LogP contribution in [0.3, 0.4) is 0 Å². The number of carbonyl (C=O) groups excluding carboxylic acids is 2. The molecule has 1 amide bonds. The topological polar surface area (TPSA) is 46.6 Å². The van der Waals surface area contributed by atoms with Gasteiger partial charge in [-0.25, -0.2) is 0 Å². The minimum Gasteiger partial charge on any atom is -0.468 e. The molecular weight excluding hydrogens is 274 g/mol. The third kappa shape index (κ3) is 3.06. The molecule has 0 aliphatic heterocycles. The Balaban J connectivity index is 2.79. The molecule has 0 aliphatic carbocycles. The van der Waals surface area contributed by atoms with Gasteiger partial charge >= 0.3 is 5.97 Å². The van der Waals surface area contributed by atoms with Crippen molar-refractivity contribution in [2.75, 3.05) is 20.7 Å². The second-order valence-corrected chi connectivity index (χ2v) is 4.07. The van der Waals surface area contributed by atoms with Gasteiger partial charge in [-0.2, -0.15) is 0 Å². The van der Waals surface area contributed by atoms with Crippen molar-refractivity contribution in [1.82, 2.24) is 4.90 Å². The standard InChI is InChI=1S/C11H12BrNO3/c1-13(7-10(14)16-2)11(15)8-5-3-4-6-9(8)12/h3-6H,7H2,1-2H3.